The first-order valence-electron chi connectivity index (χ1n) is 11.4. The maximum Gasteiger partial charge on any atom is 0.293 e. The number of amides is 2. The van der Waals surface area contributed by atoms with Gasteiger partial charge in [0.15, 0.2) is 17.3 Å². The molecule has 3 aromatic rings. The van der Waals surface area contributed by atoms with Crippen LogP contribution in [0.3, 0.4) is 0 Å². The molecule has 37 heavy (non-hydrogen) atoms. The van der Waals surface area contributed by atoms with Crippen LogP contribution in [0.4, 0.5) is 4.79 Å². The second kappa shape index (κ2) is 12.0. The highest BCUT2D eigenvalue weighted by Crippen LogP contribution is 2.37. The number of benzene rings is 3. The van der Waals surface area contributed by atoms with Crippen LogP contribution < -0.4 is 9.47 Å². The predicted molar refractivity (Wildman–Crippen MR) is 146 cm³/mol. The lowest BCUT2D eigenvalue weighted by molar-refractivity contribution is -0.122. The van der Waals surface area contributed by atoms with Crippen LogP contribution in [-0.2, 0) is 17.8 Å². The normalized spacial score (nSPS) is 14.2. The van der Waals surface area contributed by atoms with Gasteiger partial charge in [0, 0.05) is 16.1 Å². The van der Waals surface area contributed by atoms with Crippen molar-refractivity contribution in [1.82, 2.24) is 4.90 Å². The molecule has 0 bridgehead atoms. The number of hydrogen-bond donors (Lipinski definition) is 0. The van der Waals surface area contributed by atoms with Gasteiger partial charge in [-0.05, 0) is 71.8 Å². The summed E-state index contributed by atoms with van der Waals surface area (Å²) in [6.45, 7) is 3.85. The molecule has 0 aliphatic carbocycles. The highest BCUT2D eigenvalue weighted by atomic mass is 35.5. The molecule has 0 saturated carbocycles. The molecule has 8 heteroatoms. The Labute approximate surface area is 224 Å². The summed E-state index contributed by atoms with van der Waals surface area (Å²) in [4.78, 5) is 39.4. The number of carbonyl (C=O) groups is 3. The Bertz CT molecular complexity index is 1370. The molecule has 3 aromatic carbocycles. The number of imide groups is 1. The molecule has 6 nitrogen and oxygen atoms in total. The average molecular weight is 534 g/mol. The smallest absolute Gasteiger partial charge is 0.293 e. The summed E-state index contributed by atoms with van der Waals surface area (Å²) >= 11 is 6.67. The topological polar surface area (TPSA) is 72.9 Å². The van der Waals surface area contributed by atoms with Crippen LogP contribution in [0.1, 0.15) is 27.0 Å². The Morgan fingerprint density at radius 3 is 2.49 bits per heavy atom. The van der Waals surface area contributed by atoms with E-state index < -0.39 is 11.1 Å². The number of thioether (sulfide) groups is 1. The molecule has 1 heterocycles. The van der Waals surface area contributed by atoms with E-state index in [1.807, 2.05) is 36.4 Å². The number of methoxy groups -OCH3 is 1. The molecular weight excluding hydrogens is 510 g/mol. The minimum atomic E-state index is -0.522. The van der Waals surface area contributed by atoms with Crippen molar-refractivity contribution in [2.24, 2.45) is 0 Å². The Kier molecular flexibility index (Phi) is 8.48. The molecule has 0 N–H and O–H groups in total. The maximum absolute atomic E-state index is 13.0. The van der Waals surface area contributed by atoms with Crippen LogP contribution in [0, 0.1) is 0 Å². The molecular formula is C29H24ClNO5S. The molecule has 0 radical (unpaired) electrons. The van der Waals surface area contributed by atoms with Crippen molar-refractivity contribution in [2.75, 3.05) is 13.7 Å². The van der Waals surface area contributed by atoms with Crippen LogP contribution in [0.2, 0.25) is 5.02 Å². The second-order valence-electron chi connectivity index (χ2n) is 8.18. The SMILES string of the molecule is C=CCc1cc(/C=C2\SC(=O)N(CC(=O)c3ccc(Cl)cc3)C2=O)cc(OC)c1OCc1ccccc1. The molecule has 1 aliphatic rings. The lowest BCUT2D eigenvalue weighted by Gasteiger charge is -2.16. The van der Waals surface area contributed by atoms with Crippen molar-refractivity contribution in [1.29, 1.82) is 0 Å². The van der Waals surface area contributed by atoms with E-state index in [2.05, 4.69) is 6.58 Å². The number of rotatable bonds is 10. The van der Waals surface area contributed by atoms with Crippen molar-refractivity contribution < 1.29 is 23.9 Å². The molecule has 1 fully saturated rings. The van der Waals surface area contributed by atoms with E-state index >= 15 is 0 Å². The highest BCUT2D eigenvalue weighted by molar-refractivity contribution is 8.18. The predicted octanol–water partition coefficient (Wildman–Crippen LogP) is 6.58. The number of carbonyl (C=O) groups excluding carboxylic acids is 3. The molecule has 0 spiro atoms. The summed E-state index contributed by atoms with van der Waals surface area (Å²) in [6.07, 6.45) is 3.89. The van der Waals surface area contributed by atoms with Crippen molar-refractivity contribution in [3.8, 4) is 11.5 Å². The minimum absolute atomic E-state index is 0.221. The van der Waals surface area contributed by atoms with E-state index in [1.165, 1.54) is 0 Å². The number of nitrogens with zero attached hydrogens (tertiary/aromatic N) is 1. The fraction of sp³-hybridized carbons (Fsp3) is 0.138. The zero-order valence-electron chi connectivity index (χ0n) is 20.1. The lowest BCUT2D eigenvalue weighted by Crippen LogP contribution is -2.33. The van der Waals surface area contributed by atoms with Gasteiger partial charge in [-0.3, -0.25) is 19.3 Å². The molecule has 1 aliphatic heterocycles. The first-order valence-corrected chi connectivity index (χ1v) is 12.6. The van der Waals surface area contributed by atoms with Gasteiger partial charge in [-0.1, -0.05) is 48.0 Å². The third-order valence-corrected chi connectivity index (χ3v) is 6.76. The molecule has 188 valence electrons. The van der Waals surface area contributed by atoms with Gasteiger partial charge in [0.05, 0.1) is 18.6 Å². The lowest BCUT2D eigenvalue weighted by atomic mass is 10.0. The molecule has 0 unspecified atom stereocenters. The highest BCUT2D eigenvalue weighted by Gasteiger charge is 2.36. The maximum atomic E-state index is 13.0. The zero-order chi connectivity index (χ0) is 26.4. The number of ketones is 1. The van der Waals surface area contributed by atoms with Crippen molar-refractivity contribution in [3.63, 3.8) is 0 Å². The second-order valence-corrected chi connectivity index (χ2v) is 9.61. The van der Waals surface area contributed by atoms with Gasteiger partial charge in [0.2, 0.25) is 0 Å². The number of halogens is 1. The van der Waals surface area contributed by atoms with Crippen LogP contribution >= 0.6 is 23.4 Å². The number of ether oxygens (including phenoxy) is 2. The van der Waals surface area contributed by atoms with Gasteiger partial charge in [-0.15, -0.1) is 6.58 Å². The standard InChI is InChI=1S/C29H24ClNO5S/c1-3-7-22-14-20(15-25(35-2)27(22)36-18-19-8-5-4-6-9-19)16-26-28(33)31(29(34)37-26)17-24(32)21-10-12-23(30)13-11-21/h3-6,8-16H,1,7,17-18H2,2H3/b26-16-. The van der Waals surface area contributed by atoms with Gasteiger partial charge >= 0.3 is 0 Å². The summed E-state index contributed by atoms with van der Waals surface area (Å²) in [5.74, 6) is 0.213. The Morgan fingerprint density at radius 2 is 1.81 bits per heavy atom. The molecule has 1 saturated heterocycles. The third kappa shape index (κ3) is 6.31. The van der Waals surface area contributed by atoms with Crippen molar-refractivity contribution >= 4 is 46.4 Å². The quantitative estimate of drug-likeness (QED) is 0.167. The fourth-order valence-electron chi connectivity index (χ4n) is 3.78. The summed E-state index contributed by atoms with van der Waals surface area (Å²) in [5.41, 5.74) is 2.88. The number of allylic oxidation sites excluding steroid dienone is 1. The third-order valence-electron chi connectivity index (χ3n) is 5.60. The van der Waals surface area contributed by atoms with Crippen molar-refractivity contribution in [3.05, 3.63) is 112 Å². The monoisotopic (exact) mass is 533 g/mol. The summed E-state index contributed by atoms with van der Waals surface area (Å²) in [7, 11) is 1.54. The summed E-state index contributed by atoms with van der Waals surface area (Å²) in [5, 5.41) is -0.00644. The Hall–Kier alpha value is -3.81. The Balaban J connectivity index is 1.56. The van der Waals surface area contributed by atoms with E-state index in [4.69, 9.17) is 21.1 Å². The zero-order valence-corrected chi connectivity index (χ0v) is 21.7. The van der Waals surface area contributed by atoms with E-state index in [1.54, 1.807) is 49.6 Å². The van der Waals surface area contributed by atoms with Gasteiger partial charge in [-0.2, -0.15) is 0 Å². The van der Waals surface area contributed by atoms with E-state index in [-0.39, 0.29) is 17.2 Å². The van der Waals surface area contributed by atoms with Crippen molar-refractivity contribution in [2.45, 2.75) is 13.0 Å². The van der Waals surface area contributed by atoms with Crippen LogP contribution in [0.15, 0.2) is 84.3 Å². The first-order chi connectivity index (χ1) is 17.9. The van der Waals surface area contributed by atoms with Gasteiger partial charge < -0.3 is 9.47 Å². The van der Waals surface area contributed by atoms with E-state index in [0.717, 1.165) is 27.8 Å². The summed E-state index contributed by atoms with van der Waals surface area (Å²) in [6, 6.07) is 19.7. The largest absolute Gasteiger partial charge is 0.493 e. The first kappa shape index (κ1) is 26.3. The minimum Gasteiger partial charge on any atom is -0.493 e. The van der Waals surface area contributed by atoms with Crippen LogP contribution in [0.25, 0.3) is 6.08 Å². The molecule has 4 rings (SSSR count). The molecule has 2 amide bonds. The van der Waals surface area contributed by atoms with Gasteiger partial charge in [-0.25, -0.2) is 0 Å². The van der Waals surface area contributed by atoms with Gasteiger partial charge in [0.25, 0.3) is 11.1 Å². The van der Waals surface area contributed by atoms with Crippen LogP contribution in [-0.4, -0.2) is 35.5 Å². The Morgan fingerprint density at radius 1 is 1.08 bits per heavy atom. The fourth-order valence-corrected chi connectivity index (χ4v) is 4.74. The molecule has 0 aromatic heterocycles. The van der Waals surface area contributed by atoms with Crippen LogP contribution in [0.5, 0.6) is 11.5 Å². The average Bonchev–Trinajstić information content (AvgIpc) is 3.16. The number of hydrogen-bond acceptors (Lipinski definition) is 6. The van der Waals surface area contributed by atoms with E-state index in [9.17, 15) is 14.4 Å². The number of Topliss-reactive ketones (excluding diaryl/α,β-unsaturated/α-hetero) is 1. The summed E-state index contributed by atoms with van der Waals surface area (Å²) < 4.78 is 11.7. The van der Waals surface area contributed by atoms with Gasteiger partial charge in [0.1, 0.15) is 6.61 Å². The molecule has 0 atom stereocenters. The van der Waals surface area contributed by atoms with E-state index in [0.29, 0.717) is 40.7 Å².